The first-order valence-corrected chi connectivity index (χ1v) is 26.4. The van der Waals surface area contributed by atoms with Crippen LogP contribution in [0.25, 0.3) is 51.5 Å². The summed E-state index contributed by atoms with van der Waals surface area (Å²) < 4.78 is 0. The van der Waals surface area contributed by atoms with Crippen LogP contribution in [-0.4, -0.2) is 0 Å². The summed E-state index contributed by atoms with van der Waals surface area (Å²) in [7, 11) is 0. The van der Waals surface area contributed by atoms with Crippen molar-refractivity contribution in [3.8, 4) is 51.5 Å². The molecule has 6 rings (SSSR count). The van der Waals surface area contributed by atoms with E-state index in [1.807, 2.05) is 56.7 Å². The van der Waals surface area contributed by atoms with Gasteiger partial charge in [0.1, 0.15) is 0 Å². The molecule has 6 heteroatoms. The van der Waals surface area contributed by atoms with Crippen molar-refractivity contribution >= 4 is 68.0 Å². The number of hydrogen-bond acceptors (Lipinski definition) is 6. The number of thiophene rings is 6. The van der Waals surface area contributed by atoms with Gasteiger partial charge >= 0.3 is 0 Å². The van der Waals surface area contributed by atoms with E-state index in [1.54, 1.807) is 20.9 Å². The van der Waals surface area contributed by atoms with E-state index in [1.165, 1.54) is 181 Å². The summed E-state index contributed by atoms with van der Waals surface area (Å²) in [6, 6.07) is 12.1. The van der Waals surface area contributed by atoms with Crippen LogP contribution in [0.3, 0.4) is 0 Å². The molecule has 0 nitrogen and oxygen atoms in total. The van der Waals surface area contributed by atoms with E-state index >= 15 is 0 Å². The summed E-state index contributed by atoms with van der Waals surface area (Å²) in [5, 5.41) is 11.7. The van der Waals surface area contributed by atoms with Crippen molar-refractivity contribution in [2.75, 3.05) is 0 Å². The third kappa shape index (κ3) is 10.4. The maximum atomic E-state index is 2.47. The Morgan fingerprint density at radius 3 is 1.24 bits per heavy atom. The first-order chi connectivity index (χ1) is 26.7. The third-order valence-corrected chi connectivity index (χ3v) is 17.2. The lowest BCUT2D eigenvalue weighted by molar-refractivity contribution is 0.644. The molecule has 0 unspecified atom stereocenters. The van der Waals surface area contributed by atoms with E-state index in [-0.39, 0.29) is 0 Å². The smallest absolute Gasteiger partial charge is 0.0532 e. The highest BCUT2D eigenvalue weighted by atomic mass is 32.1. The van der Waals surface area contributed by atoms with Crippen LogP contribution < -0.4 is 0 Å². The second-order valence-corrected chi connectivity index (χ2v) is 20.7. The standard InChI is InChI=1S/C48H62S6/c1-5-9-13-17-21-35-25-30-49-43(35)48-41(29-34-53-48)46-39(27-32-52-46)44-38(26-31-50-44)45-40(28-33-51-45)47-37(23-19-15-11-7-3)36(22-18-14-10-6-2)42(54-47)24-20-16-12-8-4/h25-34H,5-24H2,1-4H3. The summed E-state index contributed by atoms with van der Waals surface area (Å²) in [6.07, 6.45) is 26.2. The Hall–Kier alpha value is -1.80. The molecule has 0 aliphatic heterocycles. The number of hydrogen-bond donors (Lipinski definition) is 0. The number of aryl methyl sites for hydroxylation is 2. The summed E-state index contributed by atoms with van der Waals surface area (Å²) in [4.78, 5) is 10.6. The summed E-state index contributed by atoms with van der Waals surface area (Å²) in [5.41, 5.74) is 10.7. The van der Waals surface area contributed by atoms with Crippen molar-refractivity contribution in [2.45, 2.75) is 156 Å². The van der Waals surface area contributed by atoms with E-state index in [2.05, 4.69) is 96.3 Å². The molecule has 0 saturated heterocycles. The molecule has 0 aliphatic carbocycles. The molecule has 0 radical (unpaired) electrons. The zero-order valence-corrected chi connectivity index (χ0v) is 38.3. The highest BCUT2D eigenvalue weighted by Gasteiger charge is 2.25. The first kappa shape index (κ1) is 41.8. The number of rotatable bonds is 25. The first-order valence-electron chi connectivity index (χ1n) is 21.2. The molecule has 0 aliphatic rings. The largest absolute Gasteiger partial charge is 0.143 e. The number of unbranched alkanes of at least 4 members (excludes halogenated alkanes) is 12. The fraction of sp³-hybridized carbons (Fsp3) is 0.500. The minimum absolute atomic E-state index is 1.19. The van der Waals surface area contributed by atoms with Crippen LogP contribution in [0.1, 0.15) is 152 Å². The van der Waals surface area contributed by atoms with E-state index < -0.39 is 0 Å². The molecule has 0 amide bonds. The molecule has 290 valence electrons. The summed E-state index contributed by atoms with van der Waals surface area (Å²) >= 11 is 11.8. The van der Waals surface area contributed by atoms with Gasteiger partial charge in [-0.2, -0.15) is 0 Å². The van der Waals surface area contributed by atoms with Gasteiger partial charge in [-0.3, -0.25) is 0 Å². The molecule has 0 fully saturated rings. The molecular formula is C48H62S6. The van der Waals surface area contributed by atoms with Crippen molar-refractivity contribution in [3.63, 3.8) is 0 Å². The maximum absolute atomic E-state index is 2.47. The van der Waals surface area contributed by atoms with Crippen LogP contribution in [0.4, 0.5) is 0 Å². The molecule has 0 spiro atoms. The van der Waals surface area contributed by atoms with E-state index in [9.17, 15) is 0 Å². The predicted molar refractivity (Wildman–Crippen MR) is 252 cm³/mol. The molecule has 0 N–H and O–H groups in total. The van der Waals surface area contributed by atoms with Crippen LogP contribution >= 0.6 is 68.0 Å². The lowest BCUT2D eigenvalue weighted by Crippen LogP contribution is -1.97. The maximum Gasteiger partial charge on any atom is 0.0532 e. The van der Waals surface area contributed by atoms with E-state index in [0.717, 1.165) is 0 Å². The van der Waals surface area contributed by atoms with Crippen LogP contribution in [0, 0.1) is 0 Å². The highest BCUT2D eigenvalue weighted by Crippen LogP contribution is 2.52. The summed E-state index contributed by atoms with van der Waals surface area (Å²) in [6.45, 7) is 9.32. The van der Waals surface area contributed by atoms with Gasteiger partial charge in [0.2, 0.25) is 0 Å². The molecule has 0 saturated carbocycles. The SMILES string of the molecule is CCCCCCc1ccsc1-c1sccc1-c1sccc1-c1sccc1-c1sccc1-c1sc(CCCCCC)c(CCCCCC)c1CCCCCC. The molecule has 54 heavy (non-hydrogen) atoms. The van der Waals surface area contributed by atoms with Gasteiger partial charge in [0.25, 0.3) is 0 Å². The fourth-order valence-electron chi connectivity index (χ4n) is 7.92. The van der Waals surface area contributed by atoms with Crippen molar-refractivity contribution in [2.24, 2.45) is 0 Å². The minimum atomic E-state index is 1.19. The van der Waals surface area contributed by atoms with E-state index in [0.29, 0.717) is 0 Å². The normalized spacial score (nSPS) is 11.7. The van der Waals surface area contributed by atoms with Crippen LogP contribution in [0.5, 0.6) is 0 Å². The Kier molecular flexibility index (Phi) is 17.2. The highest BCUT2D eigenvalue weighted by molar-refractivity contribution is 7.22. The van der Waals surface area contributed by atoms with Gasteiger partial charge in [0.05, 0.1) is 4.88 Å². The Balaban J connectivity index is 1.36. The van der Waals surface area contributed by atoms with Gasteiger partial charge in [-0.1, -0.05) is 105 Å². The zero-order chi connectivity index (χ0) is 37.5. The molecule has 6 heterocycles. The van der Waals surface area contributed by atoms with Gasteiger partial charge in [-0.25, -0.2) is 0 Å². The second-order valence-electron chi connectivity index (χ2n) is 15.0. The summed E-state index contributed by atoms with van der Waals surface area (Å²) in [5.74, 6) is 0. The van der Waals surface area contributed by atoms with Crippen molar-refractivity contribution < 1.29 is 0 Å². The Morgan fingerprint density at radius 2 is 0.722 bits per heavy atom. The molecular weight excluding hydrogens is 769 g/mol. The zero-order valence-electron chi connectivity index (χ0n) is 33.4. The van der Waals surface area contributed by atoms with Gasteiger partial charge < -0.3 is 0 Å². The van der Waals surface area contributed by atoms with Crippen molar-refractivity contribution in [1.82, 2.24) is 0 Å². The predicted octanol–water partition coefficient (Wildman–Crippen LogP) is 18.9. The van der Waals surface area contributed by atoms with Crippen LogP contribution in [-0.2, 0) is 25.7 Å². The van der Waals surface area contributed by atoms with E-state index in [4.69, 9.17) is 0 Å². The fourth-order valence-corrected chi connectivity index (χ4v) is 14.5. The Bertz CT molecular complexity index is 1950. The van der Waals surface area contributed by atoms with Crippen molar-refractivity contribution in [3.05, 3.63) is 78.8 Å². The van der Waals surface area contributed by atoms with Gasteiger partial charge in [0.15, 0.2) is 0 Å². The molecule has 6 aromatic heterocycles. The Labute approximate surface area is 351 Å². The average Bonchev–Trinajstić information content (AvgIpc) is 4.04. The topological polar surface area (TPSA) is 0 Å². The van der Waals surface area contributed by atoms with Gasteiger partial charge in [-0.05, 0) is 125 Å². The lowest BCUT2D eigenvalue weighted by Gasteiger charge is -2.11. The van der Waals surface area contributed by atoms with Crippen LogP contribution in [0.2, 0.25) is 0 Å². The van der Waals surface area contributed by atoms with Crippen molar-refractivity contribution in [1.29, 1.82) is 0 Å². The van der Waals surface area contributed by atoms with Gasteiger partial charge in [0, 0.05) is 51.5 Å². The molecule has 0 aromatic carbocycles. The molecule has 0 bridgehead atoms. The second kappa shape index (κ2) is 22.2. The van der Waals surface area contributed by atoms with Crippen LogP contribution in [0.15, 0.2) is 57.2 Å². The van der Waals surface area contributed by atoms with Gasteiger partial charge in [-0.15, -0.1) is 68.0 Å². The monoisotopic (exact) mass is 830 g/mol. The Morgan fingerprint density at radius 1 is 0.333 bits per heavy atom. The average molecular weight is 831 g/mol. The quantitative estimate of drug-likeness (QED) is 0.0504. The minimum Gasteiger partial charge on any atom is -0.143 e. The third-order valence-electron chi connectivity index (χ3n) is 10.9. The molecule has 6 aromatic rings. The lowest BCUT2D eigenvalue weighted by atomic mass is 9.93. The molecule has 0 atom stereocenters.